The van der Waals surface area contributed by atoms with Gasteiger partial charge in [-0.1, -0.05) is 53.5 Å². The molecular formula is C26H31Cl2N3O4. The summed E-state index contributed by atoms with van der Waals surface area (Å²) in [6, 6.07) is 14.5. The highest BCUT2D eigenvalue weighted by molar-refractivity contribution is 6.42. The molecule has 0 bridgehead atoms. The summed E-state index contributed by atoms with van der Waals surface area (Å²) >= 11 is 12.1. The Labute approximate surface area is 216 Å². The van der Waals surface area contributed by atoms with E-state index in [0.717, 1.165) is 5.56 Å². The lowest BCUT2D eigenvalue weighted by Gasteiger charge is -2.31. The number of hydrogen-bond acceptors (Lipinski definition) is 4. The highest BCUT2D eigenvalue weighted by atomic mass is 35.5. The first-order valence-electron chi connectivity index (χ1n) is 11.9. The first-order chi connectivity index (χ1) is 16.9. The van der Waals surface area contributed by atoms with Gasteiger partial charge in [-0.15, -0.1) is 0 Å². The number of nitrogens with one attached hydrogen (secondary N) is 1. The van der Waals surface area contributed by atoms with Gasteiger partial charge in [0.25, 0.3) is 0 Å². The molecule has 1 aliphatic rings. The van der Waals surface area contributed by atoms with Crippen molar-refractivity contribution in [2.45, 2.75) is 32.6 Å². The van der Waals surface area contributed by atoms with E-state index in [1.54, 1.807) is 34.9 Å². The molecule has 0 spiro atoms. The number of carbonyl (C=O) groups is 3. The Kier molecular flexibility index (Phi) is 10.2. The average molecular weight is 520 g/mol. The van der Waals surface area contributed by atoms with Gasteiger partial charge in [0.05, 0.1) is 22.6 Å². The van der Waals surface area contributed by atoms with Crippen LogP contribution < -0.4 is 5.32 Å². The van der Waals surface area contributed by atoms with Crippen molar-refractivity contribution < 1.29 is 19.1 Å². The summed E-state index contributed by atoms with van der Waals surface area (Å²) in [5.74, 6) is -0.372. The highest BCUT2D eigenvalue weighted by Crippen LogP contribution is 2.25. The quantitative estimate of drug-likeness (QED) is 0.458. The predicted octanol–water partition coefficient (Wildman–Crippen LogP) is 5.26. The summed E-state index contributed by atoms with van der Waals surface area (Å²) in [6.45, 7) is 3.91. The van der Waals surface area contributed by atoms with E-state index in [4.69, 9.17) is 27.9 Å². The molecule has 7 nitrogen and oxygen atoms in total. The largest absolute Gasteiger partial charge is 0.466 e. The molecule has 1 aliphatic heterocycles. The van der Waals surface area contributed by atoms with Crippen LogP contribution in [0, 0.1) is 5.92 Å². The molecule has 1 saturated heterocycles. The number of esters is 1. The topological polar surface area (TPSA) is 79.0 Å². The summed E-state index contributed by atoms with van der Waals surface area (Å²) < 4.78 is 5.10. The van der Waals surface area contributed by atoms with Crippen LogP contribution in [-0.2, 0) is 20.7 Å². The highest BCUT2D eigenvalue weighted by Gasteiger charge is 2.28. The number of halogens is 2. The average Bonchev–Trinajstić information content (AvgIpc) is 2.87. The molecule has 3 amide bonds. The molecule has 1 N–H and O–H groups in total. The van der Waals surface area contributed by atoms with Crippen LogP contribution in [0.15, 0.2) is 48.5 Å². The van der Waals surface area contributed by atoms with Crippen molar-refractivity contribution in [2.24, 2.45) is 5.92 Å². The van der Waals surface area contributed by atoms with E-state index in [1.165, 1.54) is 0 Å². The minimum Gasteiger partial charge on any atom is -0.466 e. The van der Waals surface area contributed by atoms with Gasteiger partial charge < -0.3 is 19.9 Å². The fourth-order valence-corrected chi connectivity index (χ4v) is 4.31. The van der Waals surface area contributed by atoms with Crippen LogP contribution in [0.1, 0.15) is 31.7 Å². The minimum atomic E-state index is -0.312. The molecule has 188 valence electrons. The number of nitrogens with zero attached hydrogens (tertiary/aromatic N) is 2. The number of urea groups is 1. The van der Waals surface area contributed by atoms with E-state index in [9.17, 15) is 14.4 Å². The third-order valence-corrected chi connectivity index (χ3v) is 6.77. The third kappa shape index (κ3) is 8.15. The van der Waals surface area contributed by atoms with E-state index in [1.807, 2.05) is 30.3 Å². The number of ether oxygens (including phenoxy) is 1. The molecular weight excluding hydrogens is 489 g/mol. The van der Waals surface area contributed by atoms with Crippen molar-refractivity contribution in [3.05, 3.63) is 64.1 Å². The number of amides is 3. The normalized spacial score (nSPS) is 13.9. The van der Waals surface area contributed by atoms with Gasteiger partial charge in [0.2, 0.25) is 5.91 Å². The molecule has 0 aliphatic carbocycles. The Morgan fingerprint density at radius 1 is 1.03 bits per heavy atom. The SMILES string of the molecule is CCOC(=O)C1CCN(C(=O)CCN(CCc2ccccc2)C(=O)Nc2ccc(Cl)c(Cl)c2)CC1. The molecule has 0 atom stereocenters. The first-order valence-corrected chi connectivity index (χ1v) is 12.6. The van der Waals surface area contributed by atoms with Gasteiger partial charge >= 0.3 is 12.0 Å². The number of rotatable bonds is 9. The molecule has 0 saturated carbocycles. The lowest BCUT2D eigenvalue weighted by Crippen LogP contribution is -2.43. The molecule has 0 unspecified atom stereocenters. The van der Waals surface area contributed by atoms with Gasteiger partial charge in [0, 0.05) is 38.3 Å². The number of benzene rings is 2. The van der Waals surface area contributed by atoms with Crippen molar-refractivity contribution in [3.63, 3.8) is 0 Å². The van der Waals surface area contributed by atoms with E-state index in [0.29, 0.717) is 61.2 Å². The van der Waals surface area contributed by atoms with Crippen LogP contribution in [0.25, 0.3) is 0 Å². The molecule has 35 heavy (non-hydrogen) atoms. The number of hydrogen-bond donors (Lipinski definition) is 1. The van der Waals surface area contributed by atoms with E-state index in [-0.39, 0.29) is 36.8 Å². The summed E-state index contributed by atoms with van der Waals surface area (Å²) in [5.41, 5.74) is 1.63. The Morgan fingerprint density at radius 2 is 1.74 bits per heavy atom. The van der Waals surface area contributed by atoms with Crippen molar-refractivity contribution >= 4 is 46.8 Å². The fraction of sp³-hybridized carbons (Fsp3) is 0.423. The van der Waals surface area contributed by atoms with Crippen LogP contribution in [0.4, 0.5) is 10.5 Å². The van der Waals surface area contributed by atoms with Crippen molar-refractivity contribution in [3.8, 4) is 0 Å². The zero-order valence-corrected chi connectivity index (χ0v) is 21.4. The first kappa shape index (κ1) is 26.8. The molecule has 3 rings (SSSR count). The van der Waals surface area contributed by atoms with Crippen LogP contribution in [0.5, 0.6) is 0 Å². The second-order valence-corrected chi connectivity index (χ2v) is 9.25. The van der Waals surface area contributed by atoms with E-state index in [2.05, 4.69) is 5.32 Å². The number of carbonyl (C=O) groups excluding carboxylic acids is 3. The van der Waals surface area contributed by atoms with Crippen molar-refractivity contribution in [1.82, 2.24) is 9.80 Å². The van der Waals surface area contributed by atoms with Crippen molar-refractivity contribution in [2.75, 3.05) is 38.1 Å². The zero-order valence-electron chi connectivity index (χ0n) is 19.8. The lowest BCUT2D eigenvalue weighted by atomic mass is 9.97. The number of anilines is 1. The Bertz CT molecular complexity index is 1010. The maximum Gasteiger partial charge on any atom is 0.321 e. The van der Waals surface area contributed by atoms with Crippen LogP contribution in [-0.4, -0.2) is 60.5 Å². The smallest absolute Gasteiger partial charge is 0.321 e. The third-order valence-electron chi connectivity index (χ3n) is 6.03. The van der Waals surface area contributed by atoms with Gasteiger partial charge in [-0.25, -0.2) is 4.79 Å². The van der Waals surface area contributed by atoms with Crippen molar-refractivity contribution in [1.29, 1.82) is 0 Å². The van der Waals surface area contributed by atoms with Crippen LogP contribution >= 0.6 is 23.2 Å². The van der Waals surface area contributed by atoms with Crippen LogP contribution in [0.2, 0.25) is 10.0 Å². The summed E-state index contributed by atoms with van der Waals surface area (Å²) in [6.07, 6.45) is 2.06. The lowest BCUT2D eigenvalue weighted by molar-refractivity contribution is -0.151. The Hall–Kier alpha value is -2.77. The molecule has 1 fully saturated rings. The molecule has 2 aromatic carbocycles. The summed E-state index contributed by atoms with van der Waals surface area (Å²) in [4.78, 5) is 41.3. The van der Waals surface area contributed by atoms with Gasteiger partial charge in [0.15, 0.2) is 0 Å². The summed E-state index contributed by atoms with van der Waals surface area (Å²) in [5, 5.41) is 3.60. The van der Waals surface area contributed by atoms with E-state index < -0.39 is 0 Å². The van der Waals surface area contributed by atoms with Gasteiger partial charge in [0.1, 0.15) is 0 Å². The van der Waals surface area contributed by atoms with Gasteiger partial charge in [-0.3, -0.25) is 9.59 Å². The Balaban J connectivity index is 1.58. The maximum absolute atomic E-state index is 13.1. The second kappa shape index (κ2) is 13.4. The molecule has 1 heterocycles. The molecule has 0 aromatic heterocycles. The minimum absolute atomic E-state index is 0.0284. The fourth-order valence-electron chi connectivity index (χ4n) is 4.01. The molecule has 9 heteroatoms. The second-order valence-electron chi connectivity index (χ2n) is 8.44. The van der Waals surface area contributed by atoms with Gasteiger partial charge in [-0.2, -0.15) is 0 Å². The monoisotopic (exact) mass is 519 g/mol. The maximum atomic E-state index is 13.1. The van der Waals surface area contributed by atoms with Gasteiger partial charge in [-0.05, 0) is 49.9 Å². The number of piperidine rings is 1. The summed E-state index contributed by atoms with van der Waals surface area (Å²) in [7, 11) is 0. The van der Waals surface area contributed by atoms with Crippen LogP contribution in [0.3, 0.4) is 0 Å². The standard InChI is InChI=1S/C26H31Cl2N3O4/c1-2-35-25(33)20-11-15-30(16-12-20)24(32)13-17-31(14-10-19-6-4-3-5-7-19)26(34)29-21-8-9-22(27)23(28)18-21/h3-9,18,20H,2,10-17H2,1H3,(H,29,34). The Morgan fingerprint density at radius 3 is 2.40 bits per heavy atom. The molecule has 2 aromatic rings. The number of likely N-dealkylation sites (tertiary alicyclic amines) is 1. The zero-order chi connectivity index (χ0) is 25.2. The molecule has 0 radical (unpaired) electrons. The van der Waals surface area contributed by atoms with E-state index >= 15 is 0 Å². The predicted molar refractivity (Wildman–Crippen MR) is 138 cm³/mol.